The van der Waals surface area contributed by atoms with Gasteiger partial charge in [0.1, 0.15) is 0 Å². The Morgan fingerprint density at radius 1 is 1.14 bits per heavy atom. The first kappa shape index (κ1) is 18.4. The molecule has 144 valence electrons. The minimum absolute atomic E-state index is 0.0381. The highest BCUT2D eigenvalue weighted by Gasteiger charge is 2.25. The van der Waals surface area contributed by atoms with E-state index in [1.165, 1.54) is 12.0 Å². The first-order chi connectivity index (χ1) is 13.5. The van der Waals surface area contributed by atoms with Crippen molar-refractivity contribution in [1.29, 1.82) is 0 Å². The van der Waals surface area contributed by atoms with Crippen LogP contribution in [0.25, 0.3) is 11.0 Å². The minimum Gasteiger partial charge on any atom is -0.354 e. The van der Waals surface area contributed by atoms with Crippen LogP contribution in [0, 0.1) is 19.8 Å². The SMILES string of the molecule is Cc1ccc(Nc2c(C(=O)N3CCC[C@@H](C)C3)cnc3nc(C)ccc23)cc1. The molecule has 1 aliphatic rings. The second-order valence-electron chi connectivity index (χ2n) is 7.86. The number of piperidine rings is 1. The predicted octanol–water partition coefficient (Wildman–Crippen LogP) is 4.86. The van der Waals surface area contributed by atoms with Crippen LogP contribution in [0.2, 0.25) is 0 Å². The van der Waals surface area contributed by atoms with Gasteiger partial charge in [0, 0.05) is 36.1 Å². The third-order valence-corrected chi connectivity index (χ3v) is 5.36. The van der Waals surface area contributed by atoms with Crippen molar-refractivity contribution in [2.24, 2.45) is 5.92 Å². The number of hydrogen-bond donors (Lipinski definition) is 1. The lowest BCUT2D eigenvalue weighted by Crippen LogP contribution is -2.39. The number of benzene rings is 1. The molecule has 0 saturated carbocycles. The van der Waals surface area contributed by atoms with Gasteiger partial charge >= 0.3 is 0 Å². The number of nitrogens with zero attached hydrogens (tertiary/aromatic N) is 3. The second kappa shape index (κ2) is 7.58. The molecule has 1 aromatic carbocycles. The summed E-state index contributed by atoms with van der Waals surface area (Å²) in [6, 6.07) is 12.1. The second-order valence-corrected chi connectivity index (χ2v) is 7.86. The lowest BCUT2D eigenvalue weighted by molar-refractivity contribution is 0.0684. The average Bonchev–Trinajstić information content (AvgIpc) is 2.69. The van der Waals surface area contributed by atoms with Crippen LogP contribution in [-0.2, 0) is 0 Å². The number of pyridine rings is 2. The van der Waals surface area contributed by atoms with Crippen molar-refractivity contribution in [3.05, 3.63) is 59.4 Å². The van der Waals surface area contributed by atoms with Crippen LogP contribution in [0.3, 0.4) is 0 Å². The summed E-state index contributed by atoms with van der Waals surface area (Å²) < 4.78 is 0. The zero-order chi connectivity index (χ0) is 19.7. The molecule has 3 aromatic rings. The Labute approximate surface area is 165 Å². The normalized spacial score (nSPS) is 17.0. The van der Waals surface area contributed by atoms with Crippen LogP contribution in [0.15, 0.2) is 42.6 Å². The zero-order valence-electron chi connectivity index (χ0n) is 16.7. The van der Waals surface area contributed by atoms with Crippen molar-refractivity contribution in [2.45, 2.75) is 33.6 Å². The summed E-state index contributed by atoms with van der Waals surface area (Å²) in [6.07, 6.45) is 3.90. The van der Waals surface area contributed by atoms with Crippen LogP contribution in [0.5, 0.6) is 0 Å². The molecular formula is C23H26N4O. The van der Waals surface area contributed by atoms with E-state index in [0.717, 1.165) is 42.0 Å². The molecule has 0 unspecified atom stereocenters. The van der Waals surface area contributed by atoms with Crippen molar-refractivity contribution in [2.75, 3.05) is 18.4 Å². The summed E-state index contributed by atoms with van der Waals surface area (Å²) in [5.41, 5.74) is 5.08. The van der Waals surface area contributed by atoms with Crippen molar-refractivity contribution in [3.63, 3.8) is 0 Å². The van der Waals surface area contributed by atoms with E-state index in [2.05, 4.69) is 41.3 Å². The number of fused-ring (bicyclic) bond motifs is 1. The molecule has 0 radical (unpaired) electrons. The molecule has 1 aliphatic heterocycles. The van der Waals surface area contributed by atoms with Crippen LogP contribution < -0.4 is 5.32 Å². The highest BCUT2D eigenvalue weighted by molar-refractivity contribution is 6.07. The Hall–Kier alpha value is -2.95. The first-order valence-corrected chi connectivity index (χ1v) is 9.90. The van der Waals surface area contributed by atoms with E-state index < -0.39 is 0 Å². The summed E-state index contributed by atoms with van der Waals surface area (Å²) >= 11 is 0. The Bertz CT molecular complexity index is 1010. The molecule has 3 heterocycles. The van der Waals surface area contributed by atoms with Crippen molar-refractivity contribution in [1.82, 2.24) is 14.9 Å². The number of carbonyl (C=O) groups excluding carboxylic acids is 1. The zero-order valence-corrected chi connectivity index (χ0v) is 16.7. The number of carbonyl (C=O) groups is 1. The fourth-order valence-corrected chi connectivity index (χ4v) is 3.79. The lowest BCUT2D eigenvalue weighted by Gasteiger charge is -2.31. The third-order valence-electron chi connectivity index (χ3n) is 5.36. The van der Waals surface area contributed by atoms with Crippen LogP contribution in [0.1, 0.15) is 41.4 Å². The van der Waals surface area contributed by atoms with E-state index in [0.29, 0.717) is 17.1 Å². The molecule has 5 heteroatoms. The summed E-state index contributed by atoms with van der Waals surface area (Å²) in [7, 11) is 0. The van der Waals surface area contributed by atoms with Crippen LogP contribution >= 0.6 is 0 Å². The van der Waals surface area contributed by atoms with Crippen LogP contribution in [0.4, 0.5) is 11.4 Å². The standard InChI is InChI=1S/C23H26N4O/c1-15-6-9-18(10-7-15)26-21-19-11-8-17(3)25-22(19)24-13-20(21)23(28)27-12-4-5-16(2)14-27/h6-11,13,16H,4-5,12,14H2,1-3H3,(H,24,25,26)/t16-/m1/s1. The molecule has 5 nitrogen and oxygen atoms in total. The fourth-order valence-electron chi connectivity index (χ4n) is 3.79. The van der Waals surface area contributed by atoms with Gasteiger partial charge in [-0.3, -0.25) is 4.79 Å². The third kappa shape index (κ3) is 3.70. The van der Waals surface area contributed by atoms with Gasteiger partial charge in [-0.25, -0.2) is 9.97 Å². The van der Waals surface area contributed by atoms with Gasteiger partial charge in [0.25, 0.3) is 5.91 Å². The topological polar surface area (TPSA) is 58.1 Å². The number of amides is 1. The summed E-state index contributed by atoms with van der Waals surface area (Å²) in [4.78, 5) is 24.3. The van der Waals surface area contributed by atoms with Crippen molar-refractivity contribution < 1.29 is 4.79 Å². The molecule has 0 aliphatic carbocycles. The molecule has 0 bridgehead atoms. The van der Waals surface area contributed by atoms with E-state index in [1.807, 2.05) is 36.1 Å². The van der Waals surface area contributed by atoms with Gasteiger partial charge in [-0.1, -0.05) is 24.6 Å². The molecular weight excluding hydrogens is 348 g/mol. The van der Waals surface area contributed by atoms with Gasteiger partial charge < -0.3 is 10.2 Å². The quantitative estimate of drug-likeness (QED) is 0.711. The molecule has 1 amide bonds. The average molecular weight is 374 g/mol. The van der Waals surface area contributed by atoms with E-state index in [9.17, 15) is 4.79 Å². The smallest absolute Gasteiger partial charge is 0.257 e. The van der Waals surface area contributed by atoms with Gasteiger partial charge in [-0.15, -0.1) is 0 Å². The predicted molar refractivity (Wildman–Crippen MR) is 113 cm³/mol. The highest BCUT2D eigenvalue weighted by Crippen LogP contribution is 2.30. The number of aryl methyl sites for hydroxylation is 2. The number of hydrogen-bond acceptors (Lipinski definition) is 4. The highest BCUT2D eigenvalue weighted by atomic mass is 16.2. The number of rotatable bonds is 3. The van der Waals surface area contributed by atoms with E-state index in [4.69, 9.17) is 0 Å². The molecule has 1 saturated heterocycles. The van der Waals surface area contributed by atoms with E-state index in [-0.39, 0.29) is 5.91 Å². The van der Waals surface area contributed by atoms with Crippen LogP contribution in [-0.4, -0.2) is 33.9 Å². The molecule has 2 aromatic heterocycles. The number of nitrogens with one attached hydrogen (secondary N) is 1. The van der Waals surface area contributed by atoms with Gasteiger partial charge in [-0.2, -0.15) is 0 Å². The monoisotopic (exact) mass is 374 g/mol. The summed E-state index contributed by atoms with van der Waals surface area (Å²) in [6.45, 7) is 7.81. The van der Waals surface area contributed by atoms with Gasteiger partial charge in [0.2, 0.25) is 0 Å². The summed E-state index contributed by atoms with van der Waals surface area (Å²) in [5, 5.41) is 4.33. The lowest BCUT2D eigenvalue weighted by atomic mass is 9.99. The molecule has 4 rings (SSSR count). The molecule has 1 atom stereocenters. The van der Waals surface area contributed by atoms with Crippen molar-refractivity contribution in [3.8, 4) is 0 Å². The number of aromatic nitrogens is 2. The maximum Gasteiger partial charge on any atom is 0.257 e. The van der Waals surface area contributed by atoms with Gasteiger partial charge in [0.05, 0.1) is 11.3 Å². The minimum atomic E-state index is 0.0381. The Morgan fingerprint density at radius 2 is 1.93 bits per heavy atom. The largest absolute Gasteiger partial charge is 0.354 e. The Kier molecular flexibility index (Phi) is 4.99. The molecule has 28 heavy (non-hydrogen) atoms. The van der Waals surface area contributed by atoms with E-state index in [1.54, 1.807) is 6.20 Å². The molecule has 0 spiro atoms. The fraction of sp³-hybridized carbons (Fsp3) is 0.348. The van der Waals surface area contributed by atoms with Crippen molar-refractivity contribution >= 4 is 28.3 Å². The van der Waals surface area contributed by atoms with E-state index >= 15 is 0 Å². The summed E-state index contributed by atoms with van der Waals surface area (Å²) in [5.74, 6) is 0.570. The first-order valence-electron chi connectivity index (χ1n) is 9.90. The molecule has 1 fully saturated rings. The van der Waals surface area contributed by atoms with Gasteiger partial charge in [0.15, 0.2) is 5.65 Å². The van der Waals surface area contributed by atoms with Gasteiger partial charge in [-0.05, 0) is 56.9 Å². The Balaban J connectivity index is 1.79. The maximum absolute atomic E-state index is 13.3. The Morgan fingerprint density at radius 3 is 2.68 bits per heavy atom. The number of likely N-dealkylation sites (tertiary alicyclic amines) is 1. The maximum atomic E-state index is 13.3. The number of anilines is 2. The molecule has 1 N–H and O–H groups in total.